The van der Waals surface area contributed by atoms with Gasteiger partial charge in [0.2, 0.25) is 0 Å². The van der Waals surface area contributed by atoms with Crippen LogP contribution >= 0.6 is 0 Å². The van der Waals surface area contributed by atoms with Crippen LogP contribution in [0.5, 0.6) is 0 Å². The third kappa shape index (κ3) is 5.98. The van der Waals surface area contributed by atoms with Gasteiger partial charge in [-0.15, -0.1) is 0 Å². The predicted molar refractivity (Wildman–Crippen MR) is 41.7 cm³/mol. The molecule has 0 aromatic carbocycles. The second kappa shape index (κ2) is 5.62. The zero-order valence-electron chi connectivity index (χ0n) is 6.81. The summed E-state index contributed by atoms with van der Waals surface area (Å²) in [5.74, 6) is 0. The van der Waals surface area contributed by atoms with Gasteiger partial charge in [-0.25, -0.2) is 4.39 Å². The van der Waals surface area contributed by atoms with Crippen molar-refractivity contribution in [3.63, 3.8) is 0 Å². The van der Waals surface area contributed by atoms with Crippen LogP contribution in [0.3, 0.4) is 0 Å². The van der Waals surface area contributed by atoms with Crippen LogP contribution in [0.15, 0.2) is 0 Å². The highest BCUT2D eigenvalue weighted by Crippen LogP contribution is 1.90. The summed E-state index contributed by atoms with van der Waals surface area (Å²) >= 11 is 0. The molecule has 0 saturated carbocycles. The van der Waals surface area contributed by atoms with E-state index >= 15 is 0 Å². The Morgan fingerprint density at radius 3 is 2.50 bits per heavy atom. The molecule has 62 valence electrons. The van der Waals surface area contributed by atoms with Crippen molar-refractivity contribution in [2.75, 3.05) is 26.8 Å². The van der Waals surface area contributed by atoms with Crippen molar-refractivity contribution in [3.8, 4) is 0 Å². The fraction of sp³-hybridized carbons (Fsp3) is 1.00. The van der Waals surface area contributed by atoms with Crippen LogP contribution in [0.2, 0.25) is 0 Å². The molecular weight excluding hydrogens is 131 g/mol. The van der Waals surface area contributed by atoms with Crippen molar-refractivity contribution in [1.29, 1.82) is 0 Å². The first kappa shape index (κ1) is 9.85. The fourth-order valence-corrected chi connectivity index (χ4v) is 0.680. The SMILES string of the molecule is CC(N)CCN(C)CCF. The Hall–Kier alpha value is -0.150. The minimum Gasteiger partial charge on any atom is -0.328 e. The first-order valence-electron chi connectivity index (χ1n) is 3.67. The van der Waals surface area contributed by atoms with Crippen molar-refractivity contribution in [2.45, 2.75) is 19.4 Å². The Kier molecular flexibility index (Phi) is 5.54. The van der Waals surface area contributed by atoms with E-state index in [9.17, 15) is 4.39 Å². The maximum atomic E-state index is 11.7. The molecule has 0 amide bonds. The summed E-state index contributed by atoms with van der Waals surface area (Å²) < 4.78 is 11.7. The summed E-state index contributed by atoms with van der Waals surface area (Å²) in [6.45, 7) is 3.10. The van der Waals surface area contributed by atoms with E-state index in [1.54, 1.807) is 0 Å². The van der Waals surface area contributed by atoms with Crippen molar-refractivity contribution in [2.24, 2.45) is 5.73 Å². The largest absolute Gasteiger partial charge is 0.328 e. The summed E-state index contributed by atoms with van der Waals surface area (Å²) in [5.41, 5.74) is 5.52. The quantitative estimate of drug-likeness (QED) is 0.619. The first-order valence-corrected chi connectivity index (χ1v) is 3.67. The molecule has 1 atom stereocenters. The fourth-order valence-electron chi connectivity index (χ4n) is 0.680. The lowest BCUT2D eigenvalue weighted by Gasteiger charge is -2.15. The molecule has 10 heavy (non-hydrogen) atoms. The molecule has 0 aliphatic heterocycles. The number of halogens is 1. The van der Waals surface area contributed by atoms with E-state index in [0.29, 0.717) is 6.54 Å². The van der Waals surface area contributed by atoms with Crippen LogP contribution in [-0.2, 0) is 0 Å². The summed E-state index contributed by atoms with van der Waals surface area (Å²) in [4.78, 5) is 1.95. The minimum atomic E-state index is -0.268. The van der Waals surface area contributed by atoms with E-state index in [0.717, 1.165) is 13.0 Å². The normalized spacial score (nSPS) is 14.1. The van der Waals surface area contributed by atoms with Crippen LogP contribution in [0, 0.1) is 0 Å². The molecule has 1 unspecified atom stereocenters. The number of hydrogen-bond acceptors (Lipinski definition) is 2. The van der Waals surface area contributed by atoms with Gasteiger partial charge >= 0.3 is 0 Å². The molecule has 2 N–H and O–H groups in total. The highest BCUT2D eigenvalue weighted by Gasteiger charge is 1.98. The van der Waals surface area contributed by atoms with Gasteiger partial charge in [0, 0.05) is 12.6 Å². The molecule has 0 heterocycles. The van der Waals surface area contributed by atoms with E-state index in [2.05, 4.69) is 0 Å². The number of alkyl halides is 1. The lowest BCUT2D eigenvalue weighted by Crippen LogP contribution is -2.27. The third-order valence-electron chi connectivity index (χ3n) is 1.43. The predicted octanol–water partition coefficient (Wildman–Crippen LogP) is 0.625. The minimum absolute atomic E-state index is 0.224. The van der Waals surface area contributed by atoms with E-state index in [-0.39, 0.29) is 12.7 Å². The Morgan fingerprint density at radius 2 is 2.10 bits per heavy atom. The summed E-state index contributed by atoms with van der Waals surface area (Å²) in [6, 6.07) is 0.224. The van der Waals surface area contributed by atoms with Crippen molar-refractivity contribution >= 4 is 0 Å². The molecule has 0 fully saturated rings. The van der Waals surface area contributed by atoms with E-state index < -0.39 is 0 Å². The van der Waals surface area contributed by atoms with Crippen LogP contribution in [0.1, 0.15) is 13.3 Å². The molecular formula is C7H17FN2. The van der Waals surface area contributed by atoms with E-state index in [1.165, 1.54) is 0 Å². The van der Waals surface area contributed by atoms with Gasteiger partial charge in [0.1, 0.15) is 6.67 Å². The van der Waals surface area contributed by atoms with Gasteiger partial charge in [-0.05, 0) is 26.9 Å². The molecule has 0 saturated heterocycles. The zero-order valence-corrected chi connectivity index (χ0v) is 6.81. The van der Waals surface area contributed by atoms with E-state index in [1.807, 2.05) is 18.9 Å². The Bertz CT molecular complexity index is 76.0. The molecule has 0 bridgehead atoms. The number of hydrogen-bond donors (Lipinski definition) is 1. The monoisotopic (exact) mass is 148 g/mol. The molecule has 0 spiro atoms. The smallest absolute Gasteiger partial charge is 0.102 e. The number of rotatable bonds is 5. The van der Waals surface area contributed by atoms with Crippen LogP contribution in [0.4, 0.5) is 4.39 Å². The average molecular weight is 148 g/mol. The van der Waals surface area contributed by atoms with Crippen molar-refractivity contribution in [3.05, 3.63) is 0 Å². The van der Waals surface area contributed by atoms with Gasteiger partial charge in [0.15, 0.2) is 0 Å². The summed E-state index contributed by atoms with van der Waals surface area (Å²) in [5, 5.41) is 0. The average Bonchev–Trinajstić information content (AvgIpc) is 1.85. The summed E-state index contributed by atoms with van der Waals surface area (Å²) in [6.07, 6.45) is 0.941. The third-order valence-corrected chi connectivity index (χ3v) is 1.43. The molecule has 0 aliphatic carbocycles. The van der Waals surface area contributed by atoms with Crippen LogP contribution in [0.25, 0.3) is 0 Å². The Balaban J connectivity index is 3.12. The number of nitrogens with two attached hydrogens (primary N) is 1. The van der Waals surface area contributed by atoms with Crippen LogP contribution < -0.4 is 5.73 Å². The highest BCUT2D eigenvalue weighted by atomic mass is 19.1. The molecule has 0 rings (SSSR count). The maximum absolute atomic E-state index is 11.7. The first-order chi connectivity index (χ1) is 4.66. The lowest BCUT2D eigenvalue weighted by atomic mass is 10.2. The van der Waals surface area contributed by atoms with Gasteiger partial charge < -0.3 is 10.6 Å². The highest BCUT2D eigenvalue weighted by molar-refractivity contribution is 4.57. The van der Waals surface area contributed by atoms with Gasteiger partial charge in [-0.1, -0.05) is 0 Å². The Morgan fingerprint density at radius 1 is 1.50 bits per heavy atom. The van der Waals surface area contributed by atoms with Gasteiger partial charge in [-0.3, -0.25) is 0 Å². The topological polar surface area (TPSA) is 29.3 Å². The molecule has 2 nitrogen and oxygen atoms in total. The summed E-state index contributed by atoms with van der Waals surface area (Å²) in [7, 11) is 1.90. The lowest BCUT2D eigenvalue weighted by molar-refractivity contribution is 0.286. The van der Waals surface area contributed by atoms with Crippen molar-refractivity contribution < 1.29 is 4.39 Å². The Labute approximate surface area is 62.2 Å². The van der Waals surface area contributed by atoms with Gasteiger partial charge in [-0.2, -0.15) is 0 Å². The van der Waals surface area contributed by atoms with Crippen LogP contribution in [-0.4, -0.2) is 37.8 Å². The molecule has 0 aliphatic rings. The van der Waals surface area contributed by atoms with E-state index in [4.69, 9.17) is 5.73 Å². The molecule has 0 aromatic heterocycles. The molecule has 0 aromatic rings. The molecule has 0 radical (unpaired) electrons. The molecule has 3 heteroatoms. The van der Waals surface area contributed by atoms with Gasteiger partial charge in [0.05, 0.1) is 0 Å². The van der Waals surface area contributed by atoms with Gasteiger partial charge in [0.25, 0.3) is 0 Å². The number of nitrogens with zero attached hydrogens (tertiary/aromatic N) is 1. The zero-order chi connectivity index (χ0) is 7.98. The van der Waals surface area contributed by atoms with Crippen molar-refractivity contribution in [1.82, 2.24) is 4.90 Å². The second-order valence-electron chi connectivity index (χ2n) is 2.76. The maximum Gasteiger partial charge on any atom is 0.102 e. The standard InChI is InChI=1S/C7H17FN2/c1-7(9)3-5-10(2)6-4-8/h7H,3-6,9H2,1-2H3. The second-order valence-corrected chi connectivity index (χ2v) is 2.76.